The van der Waals surface area contributed by atoms with Crippen LogP contribution in [-0.4, -0.2) is 73.8 Å². The number of hydrogen-bond donors (Lipinski definition) is 2. The second-order valence-electron chi connectivity index (χ2n) is 9.96. The molecule has 2 aromatic heterocycles. The number of benzene rings is 2. The lowest BCUT2D eigenvalue weighted by Gasteiger charge is -2.27. The number of carbonyl (C=O) groups is 1. The molecule has 1 atom stereocenters. The molecule has 2 aliphatic rings. The number of anilines is 2. The molecule has 14 heteroatoms. The number of ether oxygens (including phenoxy) is 2. The maximum absolute atomic E-state index is 16.7. The summed E-state index contributed by atoms with van der Waals surface area (Å²) in [4.78, 5) is 25.4. The lowest BCUT2D eigenvalue weighted by Crippen LogP contribution is -2.45. The van der Waals surface area contributed by atoms with Gasteiger partial charge in [0.05, 0.1) is 33.3 Å². The number of aromatic nitrogens is 2. The SMILES string of the molecule is CN(C)[C@@H]1CNC(=O)CCN2CCOc3c(Cl)c(-c4ccc(F)c5sc(N)c(C#N)c45)c(F)c4nc(nc2c34)OC1. The first-order valence-corrected chi connectivity index (χ1v) is 14.0. The number of nitriles is 1. The van der Waals surface area contributed by atoms with Gasteiger partial charge in [-0.3, -0.25) is 4.79 Å². The average Bonchev–Trinajstić information content (AvgIpc) is 3.17. The second kappa shape index (κ2) is 10.4. The zero-order chi connectivity index (χ0) is 29.0. The summed E-state index contributed by atoms with van der Waals surface area (Å²) in [7, 11) is 3.72. The van der Waals surface area contributed by atoms with E-state index >= 15 is 4.39 Å². The van der Waals surface area contributed by atoms with Gasteiger partial charge in [0.15, 0.2) is 11.6 Å². The van der Waals surface area contributed by atoms with E-state index in [1.165, 1.54) is 12.1 Å². The molecule has 212 valence electrons. The van der Waals surface area contributed by atoms with Crippen molar-refractivity contribution in [2.24, 2.45) is 0 Å². The van der Waals surface area contributed by atoms with E-state index in [-0.39, 0.29) is 97.6 Å². The third-order valence-electron chi connectivity index (χ3n) is 7.33. The van der Waals surface area contributed by atoms with Crippen LogP contribution in [0.1, 0.15) is 12.0 Å². The molecular weight excluding hydrogens is 576 g/mol. The van der Waals surface area contributed by atoms with E-state index < -0.39 is 11.6 Å². The van der Waals surface area contributed by atoms with Gasteiger partial charge in [-0.25, -0.2) is 8.78 Å². The van der Waals surface area contributed by atoms with Crippen LogP contribution >= 0.6 is 22.9 Å². The fraction of sp³-hybridized carbons (Fsp3) is 0.333. The Hall–Kier alpha value is -3.99. The van der Waals surface area contributed by atoms with Gasteiger partial charge in [0, 0.05) is 30.5 Å². The molecule has 1 amide bonds. The Kier molecular flexibility index (Phi) is 6.93. The van der Waals surface area contributed by atoms with Crippen LogP contribution in [0.3, 0.4) is 0 Å². The van der Waals surface area contributed by atoms with Crippen LogP contribution in [0.2, 0.25) is 5.02 Å². The number of halogens is 3. The summed E-state index contributed by atoms with van der Waals surface area (Å²) in [6.45, 7) is 1.25. The van der Waals surface area contributed by atoms with Crippen molar-refractivity contribution >= 4 is 60.7 Å². The number of nitrogens with two attached hydrogens (primary N) is 1. The van der Waals surface area contributed by atoms with Gasteiger partial charge < -0.3 is 30.3 Å². The minimum absolute atomic E-state index is 0.0304. The molecule has 41 heavy (non-hydrogen) atoms. The lowest BCUT2D eigenvalue weighted by atomic mass is 9.96. The zero-order valence-electron chi connectivity index (χ0n) is 22.1. The van der Waals surface area contributed by atoms with Crippen LogP contribution in [0.4, 0.5) is 19.6 Å². The van der Waals surface area contributed by atoms with Crippen molar-refractivity contribution in [2.45, 2.75) is 12.5 Å². The molecule has 0 fully saturated rings. The van der Waals surface area contributed by atoms with Crippen molar-refractivity contribution in [3.05, 3.63) is 34.4 Å². The van der Waals surface area contributed by atoms with Gasteiger partial charge in [-0.1, -0.05) is 17.7 Å². The Bertz CT molecular complexity index is 1770. The van der Waals surface area contributed by atoms with Gasteiger partial charge in [0.25, 0.3) is 0 Å². The number of nitrogen functional groups attached to an aromatic ring is 1. The van der Waals surface area contributed by atoms with Crippen LogP contribution < -0.4 is 25.4 Å². The number of thiophene rings is 1. The first-order valence-electron chi connectivity index (χ1n) is 12.8. The number of hydrogen-bond acceptors (Lipinski definition) is 10. The molecule has 10 nitrogen and oxygen atoms in total. The quantitative estimate of drug-likeness (QED) is 0.352. The highest BCUT2D eigenvalue weighted by atomic mass is 35.5. The smallest absolute Gasteiger partial charge is 0.319 e. The van der Waals surface area contributed by atoms with Gasteiger partial charge in [-0.2, -0.15) is 15.2 Å². The van der Waals surface area contributed by atoms with Gasteiger partial charge in [-0.05, 0) is 25.7 Å². The van der Waals surface area contributed by atoms with Crippen LogP contribution in [0, 0.1) is 23.0 Å². The van der Waals surface area contributed by atoms with E-state index in [1.54, 1.807) is 0 Å². The number of rotatable bonds is 2. The number of nitrogens with one attached hydrogen (secondary N) is 1. The number of fused-ring (bicyclic) bond motifs is 2. The van der Waals surface area contributed by atoms with Crippen LogP contribution in [-0.2, 0) is 4.79 Å². The van der Waals surface area contributed by atoms with Crippen molar-refractivity contribution in [3.63, 3.8) is 0 Å². The maximum Gasteiger partial charge on any atom is 0.319 e. The molecule has 0 spiro atoms. The molecule has 3 N–H and O–H groups in total. The van der Waals surface area contributed by atoms with E-state index in [4.69, 9.17) is 26.8 Å². The first kappa shape index (κ1) is 27.2. The number of nitrogens with zero attached hydrogens (tertiary/aromatic N) is 5. The average molecular weight is 600 g/mol. The van der Waals surface area contributed by atoms with Gasteiger partial charge in [-0.15, -0.1) is 11.3 Å². The Morgan fingerprint density at radius 1 is 1.24 bits per heavy atom. The third-order valence-corrected chi connectivity index (χ3v) is 8.72. The Balaban J connectivity index is 1.64. The van der Waals surface area contributed by atoms with Crippen molar-refractivity contribution in [3.8, 4) is 29.0 Å². The Labute approximate surface area is 242 Å². The molecular formula is C27H24ClF2N7O3S. The fourth-order valence-electron chi connectivity index (χ4n) is 5.11. The highest BCUT2D eigenvalue weighted by molar-refractivity contribution is 7.23. The molecule has 2 bridgehead atoms. The second-order valence-corrected chi connectivity index (χ2v) is 11.4. The number of likely N-dealkylation sites (N-methyl/N-ethyl adjacent to an activating group) is 1. The van der Waals surface area contributed by atoms with Gasteiger partial charge in [0.1, 0.15) is 41.4 Å². The molecule has 0 radical (unpaired) electrons. The molecule has 6 rings (SSSR count). The fourth-order valence-corrected chi connectivity index (χ4v) is 6.39. The minimum Gasteiger partial charge on any atom is -0.489 e. The van der Waals surface area contributed by atoms with Gasteiger partial charge >= 0.3 is 6.01 Å². The summed E-state index contributed by atoms with van der Waals surface area (Å²) in [5.74, 6) is -1.09. The standard InChI is InChI=1S/C27H24ClF2N7O3S/c1-36(2)12-10-33-16(38)5-6-37-7-8-39-23-19-22(34-27(40-11-12)35-26(19)37)21(30)18(20(23)28)13-3-4-15(29)24-17(13)14(9-31)25(32)41-24/h3-4,12H,5-8,10-11,32H2,1-2H3,(H,33,38)/t12-/m1/s1. The maximum atomic E-state index is 16.7. The van der Waals surface area contributed by atoms with Gasteiger partial charge in [0.2, 0.25) is 5.91 Å². The summed E-state index contributed by atoms with van der Waals surface area (Å²) < 4.78 is 43.6. The molecule has 2 aromatic carbocycles. The lowest BCUT2D eigenvalue weighted by molar-refractivity contribution is -0.121. The van der Waals surface area contributed by atoms with Crippen molar-refractivity contribution in [1.82, 2.24) is 20.2 Å². The summed E-state index contributed by atoms with van der Waals surface area (Å²) in [5, 5.41) is 13.1. The highest BCUT2D eigenvalue weighted by Gasteiger charge is 2.32. The van der Waals surface area contributed by atoms with Crippen molar-refractivity contribution in [1.29, 1.82) is 5.26 Å². The molecule has 0 unspecified atom stereocenters. The van der Waals surface area contributed by atoms with Crippen molar-refractivity contribution in [2.75, 3.05) is 57.6 Å². The van der Waals surface area contributed by atoms with Crippen LogP contribution in [0.25, 0.3) is 32.1 Å². The normalized spacial score (nSPS) is 17.4. The minimum atomic E-state index is -0.816. The zero-order valence-corrected chi connectivity index (χ0v) is 23.6. The number of amides is 1. The predicted octanol–water partition coefficient (Wildman–Crippen LogP) is 3.92. The highest BCUT2D eigenvalue weighted by Crippen LogP contribution is 2.50. The molecule has 2 aliphatic heterocycles. The first-order chi connectivity index (χ1) is 19.7. The van der Waals surface area contributed by atoms with Crippen LogP contribution in [0.5, 0.6) is 11.8 Å². The van der Waals surface area contributed by atoms with E-state index in [0.29, 0.717) is 18.9 Å². The Morgan fingerprint density at radius 3 is 2.80 bits per heavy atom. The monoisotopic (exact) mass is 599 g/mol. The molecule has 4 aromatic rings. The summed E-state index contributed by atoms with van der Waals surface area (Å²) in [6.07, 6.45) is 0.176. The van der Waals surface area contributed by atoms with Crippen LogP contribution in [0.15, 0.2) is 12.1 Å². The largest absolute Gasteiger partial charge is 0.489 e. The Morgan fingerprint density at radius 2 is 2.05 bits per heavy atom. The molecule has 0 saturated heterocycles. The van der Waals surface area contributed by atoms with E-state index in [2.05, 4.69) is 15.3 Å². The number of carbonyl (C=O) groups excluding carboxylic acids is 1. The topological polar surface area (TPSA) is 130 Å². The predicted molar refractivity (Wildman–Crippen MR) is 153 cm³/mol. The van der Waals surface area contributed by atoms with E-state index in [1.807, 2.05) is 30.0 Å². The third kappa shape index (κ3) is 4.52. The molecule has 0 aliphatic carbocycles. The van der Waals surface area contributed by atoms with E-state index in [0.717, 1.165) is 11.3 Å². The summed E-state index contributed by atoms with van der Waals surface area (Å²) in [5.41, 5.74) is 6.01. The molecule has 4 heterocycles. The molecule has 0 saturated carbocycles. The summed E-state index contributed by atoms with van der Waals surface area (Å²) in [6, 6.07) is 4.29. The van der Waals surface area contributed by atoms with E-state index in [9.17, 15) is 14.4 Å². The summed E-state index contributed by atoms with van der Waals surface area (Å²) >= 11 is 7.77. The van der Waals surface area contributed by atoms with Crippen molar-refractivity contribution < 1.29 is 23.0 Å².